The molecule has 0 spiro atoms. The summed E-state index contributed by atoms with van der Waals surface area (Å²) >= 11 is 0. The van der Waals surface area contributed by atoms with Gasteiger partial charge in [-0.25, -0.2) is 15.0 Å². The minimum atomic E-state index is -0.436. The van der Waals surface area contributed by atoms with E-state index in [0.717, 1.165) is 0 Å². The van der Waals surface area contributed by atoms with E-state index in [1.54, 1.807) is 52.5 Å². The number of carbonyl (C=O) groups is 4. The third-order valence-electron chi connectivity index (χ3n) is 5.70. The van der Waals surface area contributed by atoms with Crippen molar-refractivity contribution in [1.82, 2.24) is 21.3 Å². The van der Waals surface area contributed by atoms with Crippen LogP contribution in [0.3, 0.4) is 0 Å². The number of nitrogens with two attached hydrogens (primary N) is 8. The number of hydrogen-bond donors (Lipinski definition) is 12. The fraction of sp³-hybridized carbons (Fsp3) is 0.500. The lowest BCUT2D eigenvalue weighted by molar-refractivity contribution is -0.119. The highest BCUT2D eigenvalue weighted by Gasteiger charge is 2.08. The quantitative estimate of drug-likeness (QED) is 0.0160. The molecule has 0 saturated carbocycles. The molecule has 0 unspecified atom stereocenters. The van der Waals surface area contributed by atoms with Crippen LogP contribution in [0.25, 0.3) is 0 Å². The number of ketones is 4. The van der Waals surface area contributed by atoms with Crippen molar-refractivity contribution in [2.75, 3.05) is 47.8 Å². The van der Waals surface area contributed by atoms with Gasteiger partial charge in [-0.1, -0.05) is 36.1 Å². The van der Waals surface area contributed by atoms with Crippen molar-refractivity contribution in [1.29, 1.82) is 0 Å². The summed E-state index contributed by atoms with van der Waals surface area (Å²) in [6.45, 7) is 7.14. The molecule has 20 heteroatoms. The molecule has 0 aromatic carbocycles. The van der Waals surface area contributed by atoms with Crippen LogP contribution in [-0.2, 0) is 19.2 Å². The van der Waals surface area contributed by atoms with E-state index in [1.807, 2.05) is 0 Å². The summed E-state index contributed by atoms with van der Waals surface area (Å²) in [6, 6.07) is -0.853. The average Bonchev–Trinajstić information content (AvgIpc) is 3.04. The highest BCUT2D eigenvalue weighted by molar-refractivity contribution is 5.92. The van der Waals surface area contributed by atoms with Gasteiger partial charge in [-0.2, -0.15) is 0 Å². The Morgan fingerprint density at radius 1 is 0.692 bits per heavy atom. The third kappa shape index (κ3) is 38.7. The van der Waals surface area contributed by atoms with Crippen LogP contribution in [-0.4, -0.2) is 113 Å². The lowest BCUT2D eigenvalue weighted by Crippen LogP contribution is -2.31. The topological polar surface area (TPSA) is 374 Å². The van der Waals surface area contributed by atoms with Crippen LogP contribution in [0.15, 0.2) is 56.2 Å². The van der Waals surface area contributed by atoms with Gasteiger partial charge in [0, 0.05) is 26.7 Å². The van der Waals surface area contributed by atoms with Crippen LogP contribution < -0.4 is 67.1 Å². The lowest BCUT2D eigenvalue weighted by Gasteiger charge is -2.08. The zero-order chi connectivity index (χ0) is 41.1. The summed E-state index contributed by atoms with van der Waals surface area (Å²) in [5, 5.41) is 11.3. The lowest BCUT2D eigenvalue weighted by atomic mass is 10.1. The van der Waals surface area contributed by atoms with E-state index in [0.29, 0.717) is 31.6 Å². The molecule has 0 aliphatic carbocycles. The van der Waals surface area contributed by atoms with Gasteiger partial charge in [0.1, 0.15) is 18.4 Å². The monoisotopic (exact) mass is 735 g/mol. The van der Waals surface area contributed by atoms with Crippen molar-refractivity contribution in [3.05, 3.63) is 36.2 Å². The number of nitrogens with one attached hydrogen (secondary N) is 4. The van der Waals surface area contributed by atoms with E-state index in [4.69, 9.17) is 45.9 Å². The molecule has 20 nitrogen and oxygen atoms in total. The molecular weight excluding hydrogens is 672 g/mol. The van der Waals surface area contributed by atoms with Gasteiger partial charge in [0.25, 0.3) is 0 Å². The molecule has 20 N–H and O–H groups in total. The minimum absolute atomic E-state index is 0.00173. The molecular formula is C32H62N16O4. The summed E-state index contributed by atoms with van der Waals surface area (Å²) < 4.78 is 0. The highest BCUT2D eigenvalue weighted by Crippen LogP contribution is 1.95. The zero-order valence-electron chi connectivity index (χ0n) is 31.7. The normalized spacial score (nSPS) is 11.8. The van der Waals surface area contributed by atoms with Gasteiger partial charge in [-0.05, 0) is 54.8 Å². The summed E-state index contributed by atoms with van der Waals surface area (Å²) in [5.41, 5.74) is 41.4. The van der Waals surface area contributed by atoms with E-state index in [9.17, 15) is 19.2 Å². The first-order valence-electron chi connectivity index (χ1n) is 15.8. The molecule has 3 atom stereocenters. The van der Waals surface area contributed by atoms with E-state index < -0.39 is 6.04 Å². The molecule has 0 bridgehead atoms. The van der Waals surface area contributed by atoms with Crippen LogP contribution in [0.5, 0.6) is 0 Å². The van der Waals surface area contributed by atoms with Crippen molar-refractivity contribution in [2.24, 2.45) is 65.8 Å². The molecule has 0 aliphatic rings. The number of likely N-dealkylation sites (N-methyl/N-ethyl adjacent to an activating group) is 4. The Bertz CT molecular complexity index is 1330. The van der Waals surface area contributed by atoms with Crippen molar-refractivity contribution in [3.63, 3.8) is 0 Å². The largest absolute Gasteiger partial charge is 0.386 e. The fourth-order valence-corrected chi connectivity index (χ4v) is 3.09. The Balaban J connectivity index is -0.000000295. The Morgan fingerprint density at radius 3 is 1.65 bits per heavy atom. The number of allylic oxidation sites excluding steroid dienone is 1. The van der Waals surface area contributed by atoms with E-state index in [-0.39, 0.29) is 65.6 Å². The van der Waals surface area contributed by atoms with E-state index in [1.165, 1.54) is 33.9 Å². The number of hydrogen-bond acceptors (Lipinski definition) is 12. The maximum atomic E-state index is 10.9. The van der Waals surface area contributed by atoms with E-state index >= 15 is 0 Å². The van der Waals surface area contributed by atoms with Crippen molar-refractivity contribution in [3.8, 4) is 11.8 Å². The molecule has 0 heterocycles. The first-order valence-corrected chi connectivity index (χ1v) is 15.8. The van der Waals surface area contributed by atoms with Crippen LogP contribution in [0.1, 0.15) is 40.5 Å². The average molecular weight is 735 g/mol. The van der Waals surface area contributed by atoms with Gasteiger partial charge in [0.05, 0.1) is 24.3 Å². The van der Waals surface area contributed by atoms with Gasteiger partial charge in [-0.15, -0.1) is 0 Å². The molecule has 0 fully saturated rings. The van der Waals surface area contributed by atoms with Crippen LogP contribution >= 0.6 is 0 Å². The first kappa shape index (κ1) is 53.0. The first-order chi connectivity index (χ1) is 24.3. The molecule has 0 aromatic heterocycles. The summed E-state index contributed by atoms with van der Waals surface area (Å²) in [7, 11) is 6.83. The predicted octanol–water partition coefficient (Wildman–Crippen LogP) is -3.88. The standard InChI is InChI=1S/3C8H16N4O.C8H14N4O/c4*1-6(13)7(11-2)4-3-5-12-8(9)10/h4,11H,3,5H2,1-2H3,(H4,9,10,12);3,5,7,11H,4H2,1-2H3,(H4,9,10,12);3-4,7,11H,5H2,1-2H3,(H4,9,10,12);7,11H,5H2,1-2H3,(H4,9,10,12)/b7-4-;5-3+;4-3+;/t;3*7-/m.000/s1. The number of guanidine groups is 4. The molecule has 0 aliphatic heterocycles. The number of Topliss-reactive ketones (excluding diaryl/α,β-unsaturated/α-hetero) is 4. The number of nitrogens with zero attached hydrogens (tertiary/aromatic N) is 4. The van der Waals surface area contributed by atoms with Gasteiger partial charge in [-0.3, -0.25) is 24.2 Å². The Kier molecular flexibility index (Phi) is 35.7. The number of aliphatic imine (C=N–C) groups is 4. The second-order valence-electron chi connectivity index (χ2n) is 10.1. The predicted molar refractivity (Wildman–Crippen MR) is 212 cm³/mol. The molecule has 0 amide bonds. The van der Waals surface area contributed by atoms with Gasteiger partial charge in [0.15, 0.2) is 41.2 Å². The Hall–Kier alpha value is -5.78. The van der Waals surface area contributed by atoms with E-state index in [2.05, 4.69) is 53.1 Å². The molecule has 294 valence electrons. The molecule has 0 aromatic rings. The second kappa shape index (κ2) is 35.1. The van der Waals surface area contributed by atoms with Gasteiger partial charge < -0.3 is 67.1 Å². The maximum absolute atomic E-state index is 10.9. The van der Waals surface area contributed by atoms with Crippen LogP contribution in [0.2, 0.25) is 0 Å². The van der Waals surface area contributed by atoms with Crippen molar-refractivity contribution < 1.29 is 19.2 Å². The van der Waals surface area contributed by atoms with Crippen molar-refractivity contribution >= 4 is 47.0 Å². The SMILES string of the molecule is CN/C(=C\CCN=C(N)N)C(C)=O.CN[C@@H](/C=C/CN=C(N)N)C(C)=O.CN[C@@H](C#CCN=C(N)N)C(C)=O.CN[C@@H](C/C=C/N=C(N)N)C(C)=O. The molecule has 0 rings (SSSR count). The smallest absolute Gasteiger partial charge is 0.190 e. The number of rotatable bonds is 18. The van der Waals surface area contributed by atoms with Gasteiger partial charge >= 0.3 is 0 Å². The van der Waals surface area contributed by atoms with Crippen LogP contribution in [0.4, 0.5) is 0 Å². The second-order valence-corrected chi connectivity index (χ2v) is 10.1. The molecule has 0 radical (unpaired) electrons. The highest BCUT2D eigenvalue weighted by atomic mass is 16.1. The Morgan fingerprint density at radius 2 is 1.27 bits per heavy atom. The van der Waals surface area contributed by atoms with Gasteiger partial charge in [0.2, 0.25) is 0 Å². The van der Waals surface area contributed by atoms with Crippen molar-refractivity contribution in [2.45, 2.75) is 58.7 Å². The zero-order valence-corrected chi connectivity index (χ0v) is 31.7. The summed E-state index contributed by atoms with van der Waals surface area (Å²) in [5.74, 6) is 5.63. The summed E-state index contributed by atoms with van der Waals surface area (Å²) in [4.78, 5) is 58.4. The maximum Gasteiger partial charge on any atom is 0.190 e. The van der Waals surface area contributed by atoms with Crippen LogP contribution in [0, 0.1) is 11.8 Å². The minimum Gasteiger partial charge on any atom is -0.386 e. The molecule has 0 saturated heterocycles. The third-order valence-corrected chi connectivity index (χ3v) is 5.70. The fourth-order valence-electron chi connectivity index (χ4n) is 3.09. The Labute approximate surface area is 307 Å². The molecule has 52 heavy (non-hydrogen) atoms. The number of carbonyl (C=O) groups excluding carboxylic acids is 4. The summed E-state index contributed by atoms with van der Waals surface area (Å²) in [6.07, 6.45) is 9.70.